The van der Waals surface area contributed by atoms with Gasteiger partial charge in [0.25, 0.3) is 0 Å². The summed E-state index contributed by atoms with van der Waals surface area (Å²) in [5.74, 6) is 0.167. The number of aromatic nitrogens is 3. The summed E-state index contributed by atoms with van der Waals surface area (Å²) in [6, 6.07) is 6.79. The molecule has 0 aliphatic carbocycles. The first-order valence-electron chi connectivity index (χ1n) is 6.18. The van der Waals surface area contributed by atoms with Gasteiger partial charge in [0.15, 0.2) is 0 Å². The van der Waals surface area contributed by atoms with Crippen LogP contribution in [0, 0.1) is 0 Å². The summed E-state index contributed by atoms with van der Waals surface area (Å²) in [7, 11) is 0. The lowest BCUT2D eigenvalue weighted by molar-refractivity contribution is -0.114. The molecule has 4 nitrogen and oxygen atoms in total. The zero-order chi connectivity index (χ0) is 15.0. The molecule has 0 aliphatic heterocycles. The Hall–Kier alpha value is -1.75. The van der Waals surface area contributed by atoms with Crippen LogP contribution in [0.5, 0.6) is 0 Å². The van der Waals surface area contributed by atoms with Crippen LogP contribution in [0.25, 0.3) is 0 Å². The first kappa shape index (κ1) is 16.3. The van der Waals surface area contributed by atoms with Crippen molar-refractivity contribution in [2.45, 2.75) is 33.0 Å². The fourth-order valence-electron chi connectivity index (χ4n) is 1.43. The minimum absolute atomic E-state index is 0.167. The highest BCUT2D eigenvalue weighted by molar-refractivity contribution is 6.30. The SMILES string of the molecule is CC(C)=O.FC(CCn1cncn1)c1ccc(Cl)cc1. The highest BCUT2D eigenvalue weighted by atomic mass is 35.5. The number of carbonyl (C=O) groups is 1. The maximum atomic E-state index is 13.8. The molecule has 1 atom stereocenters. The molecule has 1 heterocycles. The van der Waals surface area contributed by atoms with E-state index in [0.29, 0.717) is 23.6 Å². The first-order chi connectivity index (χ1) is 9.49. The summed E-state index contributed by atoms with van der Waals surface area (Å²) in [5, 5.41) is 4.53. The second-order valence-electron chi connectivity index (χ2n) is 4.37. The van der Waals surface area contributed by atoms with Crippen molar-refractivity contribution < 1.29 is 9.18 Å². The van der Waals surface area contributed by atoms with Gasteiger partial charge in [-0.25, -0.2) is 9.37 Å². The standard InChI is InChI=1S/C11H11ClFN3.C3H6O/c12-10-3-1-9(2-4-10)11(13)5-6-16-8-14-7-15-16;1-3(2)4/h1-4,7-8,11H,5-6H2;1-2H3. The Morgan fingerprint density at radius 3 is 2.45 bits per heavy atom. The molecule has 1 aromatic carbocycles. The van der Waals surface area contributed by atoms with Gasteiger partial charge in [-0.2, -0.15) is 5.10 Å². The summed E-state index contributed by atoms with van der Waals surface area (Å²) < 4.78 is 15.4. The molecule has 1 unspecified atom stereocenters. The number of benzene rings is 1. The lowest BCUT2D eigenvalue weighted by Gasteiger charge is -2.08. The Labute approximate surface area is 122 Å². The van der Waals surface area contributed by atoms with Crippen molar-refractivity contribution in [1.29, 1.82) is 0 Å². The minimum Gasteiger partial charge on any atom is -0.300 e. The number of halogens is 2. The molecule has 20 heavy (non-hydrogen) atoms. The van der Waals surface area contributed by atoms with Crippen molar-refractivity contribution in [2.75, 3.05) is 0 Å². The van der Waals surface area contributed by atoms with Crippen molar-refractivity contribution in [1.82, 2.24) is 14.8 Å². The molecule has 0 saturated carbocycles. The zero-order valence-electron chi connectivity index (χ0n) is 11.5. The number of nitrogens with zero attached hydrogens (tertiary/aromatic N) is 3. The quantitative estimate of drug-likeness (QED) is 0.866. The smallest absolute Gasteiger partial charge is 0.137 e. The van der Waals surface area contributed by atoms with E-state index in [9.17, 15) is 9.18 Å². The number of rotatable bonds is 4. The van der Waals surface area contributed by atoms with Crippen molar-refractivity contribution in [3.8, 4) is 0 Å². The molecule has 0 bridgehead atoms. The maximum Gasteiger partial charge on any atom is 0.137 e. The van der Waals surface area contributed by atoms with Gasteiger partial charge in [0.05, 0.1) is 0 Å². The molecule has 0 spiro atoms. The molecule has 0 saturated heterocycles. The van der Waals surface area contributed by atoms with Crippen LogP contribution in [0.2, 0.25) is 5.02 Å². The molecule has 0 radical (unpaired) electrons. The highest BCUT2D eigenvalue weighted by Gasteiger charge is 2.09. The third-order valence-electron chi connectivity index (χ3n) is 2.31. The van der Waals surface area contributed by atoms with Crippen LogP contribution in [-0.4, -0.2) is 20.5 Å². The van der Waals surface area contributed by atoms with Crippen molar-refractivity contribution in [2.24, 2.45) is 0 Å². The second kappa shape index (κ2) is 8.43. The van der Waals surface area contributed by atoms with E-state index in [-0.39, 0.29) is 5.78 Å². The Kier molecular flexibility index (Phi) is 6.87. The summed E-state index contributed by atoms with van der Waals surface area (Å²) >= 11 is 5.73. The Bertz CT molecular complexity index is 510. The van der Waals surface area contributed by atoms with Gasteiger partial charge >= 0.3 is 0 Å². The number of hydrogen-bond donors (Lipinski definition) is 0. The van der Waals surface area contributed by atoms with Crippen LogP contribution in [-0.2, 0) is 11.3 Å². The molecule has 0 aliphatic rings. The maximum absolute atomic E-state index is 13.8. The fourth-order valence-corrected chi connectivity index (χ4v) is 1.56. The van der Waals surface area contributed by atoms with Gasteiger partial charge in [-0.05, 0) is 31.5 Å². The predicted octanol–water partition coefficient (Wildman–Crippen LogP) is 3.63. The van der Waals surface area contributed by atoms with Crippen LogP contribution in [0.3, 0.4) is 0 Å². The Balaban J connectivity index is 0.000000444. The third-order valence-corrected chi connectivity index (χ3v) is 2.56. The van der Waals surface area contributed by atoms with Gasteiger partial charge in [-0.3, -0.25) is 4.68 Å². The van der Waals surface area contributed by atoms with Crippen LogP contribution < -0.4 is 0 Å². The minimum atomic E-state index is -0.999. The molecule has 6 heteroatoms. The van der Waals surface area contributed by atoms with Gasteiger partial charge in [0.2, 0.25) is 0 Å². The molecule has 0 fully saturated rings. The average Bonchev–Trinajstić information content (AvgIpc) is 2.89. The first-order valence-corrected chi connectivity index (χ1v) is 6.56. The number of Topliss-reactive ketones (excluding diaryl/α,β-unsaturated/α-hetero) is 1. The molecule has 2 aromatic rings. The van der Waals surface area contributed by atoms with Crippen LogP contribution >= 0.6 is 11.6 Å². The molecule has 1 aromatic heterocycles. The van der Waals surface area contributed by atoms with Gasteiger partial charge in [0.1, 0.15) is 24.6 Å². The molecule has 2 rings (SSSR count). The molecule has 108 valence electrons. The number of ketones is 1. The van der Waals surface area contributed by atoms with E-state index in [0.717, 1.165) is 0 Å². The number of carbonyl (C=O) groups excluding carboxylic acids is 1. The van der Waals surface area contributed by atoms with Crippen LogP contribution in [0.4, 0.5) is 4.39 Å². The molecule has 0 N–H and O–H groups in total. The van der Waals surface area contributed by atoms with Crippen LogP contribution in [0.1, 0.15) is 32.0 Å². The van der Waals surface area contributed by atoms with E-state index in [1.807, 2.05) is 0 Å². The van der Waals surface area contributed by atoms with E-state index in [2.05, 4.69) is 10.1 Å². The Morgan fingerprint density at radius 2 is 1.95 bits per heavy atom. The molecule has 0 amide bonds. The lowest BCUT2D eigenvalue weighted by atomic mass is 10.1. The lowest BCUT2D eigenvalue weighted by Crippen LogP contribution is -2.02. The molecular weight excluding hydrogens is 281 g/mol. The van der Waals surface area contributed by atoms with Crippen molar-refractivity contribution in [3.63, 3.8) is 0 Å². The van der Waals surface area contributed by atoms with E-state index in [1.54, 1.807) is 35.3 Å². The number of hydrogen-bond acceptors (Lipinski definition) is 3. The van der Waals surface area contributed by atoms with Crippen LogP contribution in [0.15, 0.2) is 36.9 Å². The van der Waals surface area contributed by atoms with Crippen molar-refractivity contribution in [3.05, 3.63) is 47.5 Å². The topological polar surface area (TPSA) is 47.8 Å². The normalized spacial score (nSPS) is 11.4. The van der Waals surface area contributed by atoms with E-state index < -0.39 is 6.17 Å². The van der Waals surface area contributed by atoms with Gasteiger partial charge < -0.3 is 4.79 Å². The zero-order valence-corrected chi connectivity index (χ0v) is 12.2. The van der Waals surface area contributed by atoms with Gasteiger partial charge in [0, 0.05) is 18.0 Å². The molecular formula is C14H17ClFN3O. The summed E-state index contributed by atoms with van der Waals surface area (Å²) in [6.07, 6.45) is 2.40. The van der Waals surface area contributed by atoms with E-state index in [1.165, 1.54) is 20.2 Å². The third kappa shape index (κ3) is 6.43. The predicted molar refractivity (Wildman–Crippen MR) is 76.3 cm³/mol. The summed E-state index contributed by atoms with van der Waals surface area (Å²) in [5.41, 5.74) is 0.643. The summed E-state index contributed by atoms with van der Waals surface area (Å²) in [4.78, 5) is 13.2. The summed E-state index contributed by atoms with van der Waals surface area (Å²) in [6.45, 7) is 3.57. The Morgan fingerprint density at radius 1 is 1.35 bits per heavy atom. The highest BCUT2D eigenvalue weighted by Crippen LogP contribution is 2.23. The number of alkyl halides is 1. The fraction of sp³-hybridized carbons (Fsp3) is 0.357. The van der Waals surface area contributed by atoms with Crippen molar-refractivity contribution >= 4 is 17.4 Å². The average molecular weight is 298 g/mol. The second-order valence-corrected chi connectivity index (χ2v) is 4.81. The van der Waals surface area contributed by atoms with E-state index in [4.69, 9.17) is 11.6 Å². The van der Waals surface area contributed by atoms with Gasteiger partial charge in [-0.1, -0.05) is 23.7 Å². The van der Waals surface area contributed by atoms with Gasteiger partial charge in [-0.15, -0.1) is 0 Å². The van der Waals surface area contributed by atoms with E-state index >= 15 is 0 Å². The largest absolute Gasteiger partial charge is 0.300 e. The monoisotopic (exact) mass is 297 g/mol. The number of aryl methyl sites for hydroxylation is 1.